The number of pyridine rings is 1. The van der Waals surface area contributed by atoms with Gasteiger partial charge in [0.05, 0.1) is 6.61 Å². The number of aromatic nitrogens is 1. The lowest BCUT2D eigenvalue weighted by Crippen LogP contribution is -2.39. The summed E-state index contributed by atoms with van der Waals surface area (Å²) >= 11 is 0. The molecule has 1 rings (SSSR count). The van der Waals surface area contributed by atoms with Gasteiger partial charge in [-0.05, 0) is 18.9 Å². The van der Waals surface area contributed by atoms with Crippen molar-refractivity contribution < 1.29 is 9.47 Å². The summed E-state index contributed by atoms with van der Waals surface area (Å²) in [5.74, 6) is 1.47. The Labute approximate surface area is 139 Å². The smallest absolute Gasteiger partial charge is 0.218 e. The zero-order valence-corrected chi connectivity index (χ0v) is 14.4. The molecule has 0 saturated carbocycles. The van der Waals surface area contributed by atoms with Crippen LogP contribution < -0.4 is 10.1 Å². The molecule has 0 aliphatic rings. The summed E-state index contributed by atoms with van der Waals surface area (Å²) in [7, 11) is 5.46. The predicted octanol–water partition coefficient (Wildman–Crippen LogP) is 2.08. The third kappa shape index (κ3) is 7.15. The molecule has 0 aliphatic heterocycles. The Kier molecular flexibility index (Phi) is 9.47. The van der Waals surface area contributed by atoms with E-state index in [1.165, 1.54) is 0 Å². The van der Waals surface area contributed by atoms with E-state index in [4.69, 9.17) is 9.47 Å². The van der Waals surface area contributed by atoms with E-state index in [9.17, 15) is 0 Å². The molecule has 1 aromatic rings. The van der Waals surface area contributed by atoms with Gasteiger partial charge in [0.1, 0.15) is 6.61 Å². The van der Waals surface area contributed by atoms with Crippen LogP contribution in [0, 0.1) is 0 Å². The van der Waals surface area contributed by atoms with Crippen molar-refractivity contribution in [3.05, 3.63) is 36.5 Å². The van der Waals surface area contributed by atoms with Gasteiger partial charge in [0, 0.05) is 46.1 Å². The molecule has 1 heterocycles. The third-order valence-electron chi connectivity index (χ3n) is 3.29. The van der Waals surface area contributed by atoms with E-state index in [0.717, 1.165) is 30.9 Å². The molecular formula is C17H28N4O2. The maximum atomic E-state index is 5.64. The fraction of sp³-hybridized carbons (Fsp3) is 0.529. The standard InChI is InChI=1S/C17H28N4O2/c1-5-6-7-11-21(3)17(18-2)20-14-15-9-8-10-19-16(15)23-13-12-22-4/h5,8-10H,1,6-7,11-14H2,2-4H3,(H,18,20). The lowest BCUT2D eigenvalue weighted by atomic mass is 10.2. The molecule has 0 saturated heterocycles. The van der Waals surface area contributed by atoms with Crippen LogP contribution in [-0.4, -0.2) is 56.8 Å². The van der Waals surface area contributed by atoms with E-state index in [2.05, 4.69) is 26.8 Å². The average Bonchev–Trinajstić information content (AvgIpc) is 2.57. The van der Waals surface area contributed by atoms with Gasteiger partial charge in [0.25, 0.3) is 0 Å². The largest absolute Gasteiger partial charge is 0.475 e. The van der Waals surface area contributed by atoms with Gasteiger partial charge in [-0.3, -0.25) is 4.99 Å². The number of hydrogen-bond acceptors (Lipinski definition) is 4. The first kappa shape index (κ1) is 19.0. The summed E-state index contributed by atoms with van der Waals surface area (Å²) in [6.45, 7) is 6.30. The number of hydrogen-bond donors (Lipinski definition) is 1. The highest BCUT2D eigenvalue weighted by Crippen LogP contribution is 2.14. The summed E-state index contributed by atoms with van der Waals surface area (Å²) in [4.78, 5) is 10.7. The van der Waals surface area contributed by atoms with Crippen LogP contribution in [0.5, 0.6) is 5.88 Å². The molecule has 1 N–H and O–H groups in total. The van der Waals surface area contributed by atoms with E-state index < -0.39 is 0 Å². The van der Waals surface area contributed by atoms with Crippen molar-refractivity contribution in [1.29, 1.82) is 0 Å². The van der Waals surface area contributed by atoms with Gasteiger partial charge in [-0.15, -0.1) is 6.58 Å². The maximum absolute atomic E-state index is 5.64. The van der Waals surface area contributed by atoms with Gasteiger partial charge >= 0.3 is 0 Å². The van der Waals surface area contributed by atoms with Gasteiger partial charge < -0.3 is 19.7 Å². The quantitative estimate of drug-likeness (QED) is 0.309. The zero-order chi connectivity index (χ0) is 16.9. The van der Waals surface area contributed by atoms with E-state index >= 15 is 0 Å². The molecule has 128 valence electrons. The minimum atomic E-state index is 0.483. The van der Waals surface area contributed by atoms with Crippen LogP contribution in [0.25, 0.3) is 0 Å². The topological polar surface area (TPSA) is 59.0 Å². The van der Waals surface area contributed by atoms with E-state index in [1.807, 2.05) is 25.3 Å². The van der Waals surface area contributed by atoms with Crippen molar-refractivity contribution in [2.75, 3.05) is 41.0 Å². The van der Waals surface area contributed by atoms with E-state index in [1.54, 1.807) is 20.4 Å². The molecular weight excluding hydrogens is 292 g/mol. The van der Waals surface area contributed by atoms with Crippen molar-refractivity contribution in [3.63, 3.8) is 0 Å². The Morgan fingerprint density at radius 3 is 3.00 bits per heavy atom. The van der Waals surface area contributed by atoms with Crippen LogP contribution in [0.2, 0.25) is 0 Å². The van der Waals surface area contributed by atoms with Gasteiger partial charge in [0.15, 0.2) is 5.96 Å². The Morgan fingerprint density at radius 2 is 2.30 bits per heavy atom. The highest BCUT2D eigenvalue weighted by Gasteiger charge is 2.08. The number of rotatable bonds is 10. The van der Waals surface area contributed by atoms with Crippen LogP contribution in [0.15, 0.2) is 36.0 Å². The number of methoxy groups -OCH3 is 1. The second-order valence-electron chi connectivity index (χ2n) is 5.06. The molecule has 23 heavy (non-hydrogen) atoms. The summed E-state index contributed by atoms with van der Waals surface area (Å²) in [5.41, 5.74) is 0.990. The van der Waals surface area contributed by atoms with Crippen LogP contribution in [0.1, 0.15) is 18.4 Å². The second kappa shape index (κ2) is 11.5. The summed E-state index contributed by atoms with van der Waals surface area (Å²) in [6.07, 6.45) is 5.71. The molecule has 0 unspecified atom stereocenters. The first-order valence-electron chi connectivity index (χ1n) is 7.81. The number of aliphatic imine (C=N–C) groups is 1. The number of allylic oxidation sites excluding steroid dienone is 1. The predicted molar refractivity (Wildman–Crippen MR) is 93.9 cm³/mol. The van der Waals surface area contributed by atoms with Gasteiger partial charge in [-0.1, -0.05) is 12.1 Å². The number of nitrogens with zero attached hydrogens (tertiary/aromatic N) is 3. The first-order valence-corrected chi connectivity index (χ1v) is 7.81. The van der Waals surface area contributed by atoms with Crippen molar-refractivity contribution >= 4 is 5.96 Å². The van der Waals surface area contributed by atoms with Crippen molar-refractivity contribution in [2.24, 2.45) is 4.99 Å². The van der Waals surface area contributed by atoms with Gasteiger partial charge in [0.2, 0.25) is 5.88 Å². The van der Waals surface area contributed by atoms with Crippen LogP contribution >= 0.6 is 0 Å². The molecule has 0 aromatic carbocycles. The molecule has 0 spiro atoms. The molecule has 1 aromatic heterocycles. The average molecular weight is 320 g/mol. The Hall–Kier alpha value is -2.08. The Morgan fingerprint density at radius 1 is 1.48 bits per heavy atom. The van der Waals surface area contributed by atoms with Crippen molar-refractivity contribution in [2.45, 2.75) is 19.4 Å². The number of unbranched alkanes of at least 4 members (excludes halogenated alkanes) is 1. The number of nitrogens with one attached hydrogen (secondary N) is 1. The minimum Gasteiger partial charge on any atom is -0.475 e. The molecule has 0 radical (unpaired) electrons. The molecule has 6 nitrogen and oxygen atoms in total. The summed E-state index contributed by atoms with van der Waals surface area (Å²) < 4.78 is 10.6. The molecule has 6 heteroatoms. The third-order valence-corrected chi connectivity index (χ3v) is 3.29. The minimum absolute atomic E-state index is 0.483. The Balaban J connectivity index is 2.56. The first-order chi connectivity index (χ1) is 11.2. The van der Waals surface area contributed by atoms with Crippen LogP contribution in [0.4, 0.5) is 0 Å². The lowest BCUT2D eigenvalue weighted by Gasteiger charge is -2.22. The fourth-order valence-corrected chi connectivity index (χ4v) is 2.05. The number of guanidine groups is 1. The molecule has 0 bridgehead atoms. The van der Waals surface area contributed by atoms with E-state index in [-0.39, 0.29) is 0 Å². The second-order valence-corrected chi connectivity index (χ2v) is 5.06. The normalized spacial score (nSPS) is 11.2. The van der Waals surface area contributed by atoms with Gasteiger partial charge in [-0.25, -0.2) is 4.98 Å². The van der Waals surface area contributed by atoms with Crippen molar-refractivity contribution in [1.82, 2.24) is 15.2 Å². The summed E-state index contributed by atoms with van der Waals surface area (Å²) in [5, 5.41) is 3.34. The highest BCUT2D eigenvalue weighted by molar-refractivity contribution is 5.79. The van der Waals surface area contributed by atoms with Crippen LogP contribution in [0.3, 0.4) is 0 Å². The SMILES string of the molecule is C=CCCCN(C)C(=NC)NCc1cccnc1OCCOC. The Bertz CT molecular complexity index is 491. The monoisotopic (exact) mass is 320 g/mol. The number of ether oxygens (including phenoxy) is 2. The molecule has 0 atom stereocenters. The summed E-state index contributed by atoms with van der Waals surface area (Å²) in [6, 6.07) is 3.89. The van der Waals surface area contributed by atoms with Crippen molar-refractivity contribution in [3.8, 4) is 5.88 Å². The molecule has 0 fully saturated rings. The van der Waals surface area contributed by atoms with E-state index in [0.29, 0.717) is 25.6 Å². The fourth-order valence-electron chi connectivity index (χ4n) is 2.05. The highest BCUT2D eigenvalue weighted by atomic mass is 16.5. The van der Waals surface area contributed by atoms with Gasteiger partial charge in [-0.2, -0.15) is 0 Å². The molecule has 0 aliphatic carbocycles. The molecule has 0 amide bonds. The van der Waals surface area contributed by atoms with Crippen LogP contribution in [-0.2, 0) is 11.3 Å². The lowest BCUT2D eigenvalue weighted by molar-refractivity contribution is 0.143. The zero-order valence-electron chi connectivity index (χ0n) is 14.4. The maximum Gasteiger partial charge on any atom is 0.218 e.